The van der Waals surface area contributed by atoms with Crippen molar-refractivity contribution in [3.63, 3.8) is 0 Å². The van der Waals surface area contributed by atoms with Crippen LogP contribution in [0.4, 0.5) is 0 Å². The van der Waals surface area contributed by atoms with Crippen LogP contribution in [0.2, 0.25) is 0 Å². The minimum Gasteiger partial charge on any atom is -0.264 e. The van der Waals surface area contributed by atoms with Crippen LogP contribution >= 0.6 is 11.8 Å². The van der Waals surface area contributed by atoms with E-state index in [0.29, 0.717) is 5.82 Å². The molecular weight excluding hydrogens is 639 g/mol. The van der Waals surface area contributed by atoms with Crippen LogP contribution < -0.4 is 0 Å². The molecule has 9 rings (SSSR count). The fraction of sp³-hybridized carbons (Fsp3) is 0. The van der Waals surface area contributed by atoms with Gasteiger partial charge in [-0.1, -0.05) is 157 Å². The van der Waals surface area contributed by atoms with E-state index in [0.717, 1.165) is 50.3 Å². The van der Waals surface area contributed by atoms with Crippen molar-refractivity contribution in [3.8, 4) is 67.3 Å². The second-order valence-electron chi connectivity index (χ2n) is 12.5. The van der Waals surface area contributed by atoms with E-state index in [1.165, 1.54) is 32.0 Å². The zero-order chi connectivity index (χ0) is 34.0. The molecule has 4 heteroatoms. The number of rotatable bonds is 4. The normalized spacial score (nSPS) is 11.8. The standard InChI is InChI=1S/C47H31N3S/c1-2-12-36(13-3-1)47-49-43(35-25-20-32(21-26-35)38-14-10-28-48-31-38)30-44(50-47)37-27-24-34-23-22-33-11-4-5-15-39(33)40-16-6-8-18-45(40)51-46-19-9-7-17-41(46)42(34)29-37/h1-31H. The Hall–Kier alpha value is -6.36. The van der Waals surface area contributed by atoms with Crippen LogP contribution in [-0.4, -0.2) is 15.0 Å². The summed E-state index contributed by atoms with van der Waals surface area (Å²) in [4.78, 5) is 17.0. The molecule has 51 heavy (non-hydrogen) atoms. The first kappa shape index (κ1) is 30.7. The van der Waals surface area contributed by atoms with Crippen LogP contribution in [0.3, 0.4) is 0 Å². The van der Waals surface area contributed by atoms with E-state index in [1.54, 1.807) is 6.20 Å². The topological polar surface area (TPSA) is 38.7 Å². The number of aromatic nitrogens is 3. The highest BCUT2D eigenvalue weighted by molar-refractivity contribution is 7.99. The summed E-state index contributed by atoms with van der Waals surface area (Å²) in [5.41, 5.74) is 14.1. The predicted molar refractivity (Wildman–Crippen MR) is 212 cm³/mol. The summed E-state index contributed by atoms with van der Waals surface area (Å²) in [5, 5.41) is 0. The maximum atomic E-state index is 5.18. The average molecular weight is 670 g/mol. The van der Waals surface area contributed by atoms with Crippen molar-refractivity contribution in [1.29, 1.82) is 0 Å². The predicted octanol–water partition coefficient (Wildman–Crippen LogP) is 12.5. The molecule has 1 aliphatic heterocycles. The van der Waals surface area contributed by atoms with Gasteiger partial charge in [-0.3, -0.25) is 4.98 Å². The quantitative estimate of drug-likeness (QED) is 0.187. The lowest BCUT2D eigenvalue weighted by molar-refractivity contribution is 1.18. The van der Waals surface area contributed by atoms with Gasteiger partial charge in [0.25, 0.3) is 0 Å². The zero-order valence-corrected chi connectivity index (χ0v) is 28.5. The Morgan fingerprint density at radius 2 is 0.941 bits per heavy atom. The maximum absolute atomic E-state index is 5.18. The number of nitrogens with zero attached hydrogens (tertiary/aromatic N) is 3. The van der Waals surface area contributed by atoms with Gasteiger partial charge >= 0.3 is 0 Å². The van der Waals surface area contributed by atoms with Crippen LogP contribution in [0.25, 0.3) is 79.4 Å². The van der Waals surface area contributed by atoms with Gasteiger partial charge in [-0.15, -0.1) is 0 Å². The fourth-order valence-corrected chi connectivity index (χ4v) is 7.77. The van der Waals surface area contributed by atoms with E-state index >= 15 is 0 Å². The van der Waals surface area contributed by atoms with E-state index in [4.69, 9.17) is 9.97 Å². The second kappa shape index (κ2) is 13.5. The third-order valence-electron chi connectivity index (χ3n) is 9.26. The molecule has 3 heterocycles. The molecule has 6 aromatic carbocycles. The molecule has 0 saturated carbocycles. The number of benzene rings is 6. The van der Waals surface area contributed by atoms with E-state index in [2.05, 4.69) is 157 Å². The largest absolute Gasteiger partial charge is 0.264 e. The smallest absolute Gasteiger partial charge is 0.160 e. The van der Waals surface area contributed by atoms with Gasteiger partial charge in [0.05, 0.1) is 11.4 Å². The number of fused-ring (bicyclic) bond motifs is 6. The van der Waals surface area contributed by atoms with Crippen molar-refractivity contribution in [2.45, 2.75) is 9.79 Å². The van der Waals surface area contributed by atoms with Gasteiger partial charge in [0.15, 0.2) is 5.82 Å². The van der Waals surface area contributed by atoms with Crippen LogP contribution in [0.1, 0.15) is 11.1 Å². The molecule has 0 atom stereocenters. The molecule has 1 aliphatic rings. The van der Waals surface area contributed by atoms with Crippen LogP contribution in [0.15, 0.2) is 186 Å². The average Bonchev–Trinajstić information content (AvgIpc) is 3.23. The van der Waals surface area contributed by atoms with Gasteiger partial charge in [-0.25, -0.2) is 9.97 Å². The van der Waals surface area contributed by atoms with Crippen molar-refractivity contribution >= 4 is 23.9 Å². The SMILES string of the molecule is C1=Cc2ccc(-c3cc(-c4ccc(-c5cccnc5)cc4)nc(-c4ccccc4)n3)cc2-c2ccccc2Sc2ccccc2-c2ccccc21. The summed E-state index contributed by atoms with van der Waals surface area (Å²) in [6.45, 7) is 0. The summed E-state index contributed by atoms with van der Waals surface area (Å²) in [6.07, 6.45) is 8.18. The molecule has 2 aromatic heterocycles. The molecule has 0 spiro atoms. The zero-order valence-electron chi connectivity index (χ0n) is 27.6. The number of hydrogen-bond donors (Lipinski definition) is 0. The highest BCUT2D eigenvalue weighted by Crippen LogP contribution is 2.44. The highest BCUT2D eigenvalue weighted by atomic mass is 32.2. The van der Waals surface area contributed by atoms with Crippen molar-refractivity contribution in [3.05, 3.63) is 187 Å². The van der Waals surface area contributed by atoms with Gasteiger partial charge < -0.3 is 0 Å². The fourth-order valence-electron chi connectivity index (χ4n) is 6.66. The van der Waals surface area contributed by atoms with Crippen LogP contribution in [0.5, 0.6) is 0 Å². The van der Waals surface area contributed by atoms with Gasteiger partial charge in [-0.05, 0) is 74.8 Å². The Bertz CT molecular complexity index is 2540. The lowest BCUT2D eigenvalue weighted by atomic mass is 9.94. The molecule has 0 unspecified atom stereocenters. The molecule has 0 fully saturated rings. The summed E-state index contributed by atoms with van der Waals surface area (Å²) in [7, 11) is 0. The first-order valence-electron chi connectivity index (χ1n) is 17.0. The maximum Gasteiger partial charge on any atom is 0.160 e. The van der Waals surface area contributed by atoms with Crippen molar-refractivity contribution in [1.82, 2.24) is 15.0 Å². The number of hydrogen-bond acceptors (Lipinski definition) is 4. The molecule has 240 valence electrons. The Morgan fingerprint density at radius 1 is 0.373 bits per heavy atom. The number of pyridine rings is 1. The van der Waals surface area contributed by atoms with Gasteiger partial charge in [0.1, 0.15) is 0 Å². The van der Waals surface area contributed by atoms with Crippen molar-refractivity contribution in [2.75, 3.05) is 0 Å². The lowest BCUT2D eigenvalue weighted by Gasteiger charge is -2.15. The lowest BCUT2D eigenvalue weighted by Crippen LogP contribution is -1.97. The van der Waals surface area contributed by atoms with Crippen molar-refractivity contribution in [2.24, 2.45) is 0 Å². The molecule has 0 saturated heterocycles. The Morgan fingerprint density at radius 3 is 1.67 bits per heavy atom. The summed E-state index contributed by atoms with van der Waals surface area (Å²) in [5.74, 6) is 0.694. The van der Waals surface area contributed by atoms with E-state index in [1.807, 2.05) is 42.2 Å². The summed E-state index contributed by atoms with van der Waals surface area (Å²) < 4.78 is 0. The molecule has 0 bridgehead atoms. The van der Waals surface area contributed by atoms with E-state index < -0.39 is 0 Å². The minimum absolute atomic E-state index is 0.694. The third kappa shape index (κ3) is 6.18. The Labute approximate surface area is 302 Å². The Kier molecular flexibility index (Phi) is 8.13. The third-order valence-corrected chi connectivity index (χ3v) is 10.4. The first-order valence-corrected chi connectivity index (χ1v) is 17.8. The molecule has 0 radical (unpaired) electrons. The molecular formula is C47H31N3S. The van der Waals surface area contributed by atoms with Gasteiger partial charge in [0, 0.05) is 38.9 Å². The van der Waals surface area contributed by atoms with Crippen LogP contribution in [-0.2, 0) is 0 Å². The second-order valence-corrected chi connectivity index (χ2v) is 13.5. The first-order chi connectivity index (χ1) is 25.3. The van der Waals surface area contributed by atoms with E-state index in [-0.39, 0.29) is 0 Å². The molecule has 3 nitrogen and oxygen atoms in total. The Balaban J connectivity index is 1.21. The monoisotopic (exact) mass is 669 g/mol. The molecule has 0 N–H and O–H groups in total. The van der Waals surface area contributed by atoms with Crippen LogP contribution in [0, 0.1) is 0 Å². The molecule has 0 amide bonds. The summed E-state index contributed by atoms with van der Waals surface area (Å²) in [6, 6.07) is 57.7. The molecule has 8 aromatic rings. The minimum atomic E-state index is 0.694. The molecule has 0 aliphatic carbocycles. The summed E-state index contributed by atoms with van der Waals surface area (Å²) >= 11 is 1.82. The highest BCUT2D eigenvalue weighted by Gasteiger charge is 2.17. The van der Waals surface area contributed by atoms with Gasteiger partial charge in [0.2, 0.25) is 0 Å². The van der Waals surface area contributed by atoms with Gasteiger partial charge in [-0.2, -0.15) is 0 Å². The van der Waals surface area contributed by atoms with Crippen molar-refractivity contribution < 1.29 is 0 Å². The van der Waals surface area contributed by atoms with E-state index in [9.17, 15) is 0 Å².